The fraction of sp³-hybridized carbons (Fsp3) is 0.412. The van der Waals surface area contributed by atoms with Crippen molar-refractivity contribution in [1.82, 2.24) is 9.97 Å². The van der Waals surface area contributed by atoms with Crippen LogP contribution < -0.4 is 15.0 Å². The van der Waals surface area contributed by atoms with Gasteiger partial charge in [-0.05, 0) is 44.0 Å². The standard InChI is InChI=1S/C17H21BrN4O/c1-12-20-16(19-2)10-17(21-12)22-9-3-4-14(22)11-23-15-7-5-13(18)6-8-15/h5-8,10,14H,3-4,9,11H2,1-2H3,(H,19,20,21)/t14-/m0/s1. The maximum absolute atomic E-state index is 5.96. The van der Waals surface area contributed by atoms with Gasteiger partial charge in [-0.2, -0.15) is 0 Å². The number of aromatic nitrogens is 2. The van der Waals surface area contributed by atoms with Crippen LogP contribution in [-0.2, 0) is 0 Å². The highest BCUT2D eigenvalue weighted by Crippen LogP contribution is 2.26. The summed E-state index contributed by atoms with van der Waals surface area (Å²) in [4.78, 5) is 11.3. The van der Waals surface area contributed by atoms with Crippen molar-refractivity contribution in [3.8, 4) is 5.75 Å². The first-order chi connectivity index (χ1) is 11.2. The summed E-state index contributed by atoms with van der Waals surface area (Å²) in [7, 11) is 1.88. The van der Waals surface area contributed by atoms with Crippen LogP contribution in [0, 0.1) is 6.92 Å². The van der Waals surface area contributed by atoms with Crippen LogP contribution in [0.15, 0.2) is 34.8 Å². The number of halogens is 1. The van der Waals surface area contributed by atoms with E-state index in [4.69, 9.17) is 4.74 Å². The summed E-state index contributed by atoms with van der Waals surface area (Å²) >= 11 is 3.44. The quantitative estimate of drug-likeness (QED) is 0.862. The molecular formula is C17H21BrN4O. The lowest BCUT2D eigenvalue weighted by Crippen LogP contribution is -2.35. The molecule has 1 saturated heterocycles. The van der Waals surface area contributed by atoms with Gasteiger partial charge in [0.1, 0.15) is 29.8 Å². The fourth-order valence-electron chi connectivity index (χ4n) is 2.86. The van der Waals surface area contributed by atoms with Gasteiger partial charge >= 0.3 is 0 Å². The largest absolute Gasteiger partial charge is 0.491 e. The summed E-state index contributed by atoms with van der Waals surface area (Å²) in [6, 6.07) is 10.3. The van der Waals surface area contributed by atoms with E-state index in [1.807, 2.05) is 44.3 Å². The van der Waals surface area contributed by atoms with Gasteiger partial charge in [0.2, 0.25) is 0 Å². The molecule has 1 aliphatic rings. The molecule has 1 atom stereocenters. The first-order valence-corrected chi connectivity index (χ1v) is 8.63. The molecule has 5 nitrogen and oxygen atoms in total. The van der Waals surface area contributed by atoms with E-state index in [9.17, 15) is 0 Å². The van der Waals surface area contributed by atoms with Gasteiger partial charge in [0.05, 0.1) is 6.04 Å². The van der Waals surface area contributed by atoms with E-state index >= 15 is 0 Å². The average Bonchev–Trinajstić information content (AvgIpc) is 3.02. The van der Waals surface area contributed by atoms with E-state index in [2.05, 4.69) is 36.1 Å². The van der Waals surface area contributed by atoms with E-state index in [-0.39, 0.29) is 0 Å². The first-order valence-electron chi connectivity index (χ1n) is 7.84. The molecule has 1 aromatic carbocycles. The zero-order valence-corrected chi connectivity index (χ0v) is 15.0. The second-order valence-corrected chi connectivity index (χ2v) is 6.58. The molecule has 6 heteroatoms. The Morgan fingerprint density at radius 3 is 2.83 bits per heavy atom. The Bertz CT molecular complexity index is 662. The lowest BCUT2D eigenvalue weighted by atomic mass is 10.2. The maximum Gasteiger partial charge on any atom is 0.134 e. The molecule has 1 aliphatic heterocycles. The second kappa shape index (κ2) is 7.17. The average molecular weight is 377 g/mol. The Morgan fingerprint density at radius 1 is 1.30 bits per heavy atom. The minimum absolute atomic E-state index is 0.345. The van der Waals surface area contributed by atoms with Gasteiger partial charge in [-0.25, -0.2) is 9.97 Å². The minimum Gasteiger partial charge on any atom is -0.491 e. The molecule has 2 aromatic rings. The SMILES string of the molecule is CNc1cc(N2CCC[C@H]2COc2ccc(Br)cc2)nc(C)n1. The van der Waals surface area contributed by atoms with Crippen molar-refractivity contribution in [2.24, 2.45) is 0 Å². The zero-order valence-electron chi connectivity index (χ0n) is 13.4. The minimum atomic E-state index is 0.345. The number of nitrogens with one attached hydrogen (secondary N) is 1. The summed E-state index contributed by atoms with van der Waals surface area (Å²) in [5.41, 5.74) is 0. The Hall–Kier alpha value is -1.82. The maximum atomic E-state index is 5.96. The molecule has 0 unspecified atom stereocenters. The van der Waals surface area contributed by atoms with Crippen LogP contribution in [0.5, 0.6) is 5.75 Å². The zero-order chi connectivity index (χ0) is 16.2. The predicted molar refractivity (Wildman–Crippen MR) is 96.3 cm³/mol. The van der Waals surface area contributed by atoms with Crippen LogP contribution in [0.2, 0.25) is 0 Å². The number of hydrogen-bond donors (Lipinski definition) is 1. The molecule has 1 fully saturated rings. The Morgan fingerprint density at radius 2 is 2.09 bits per heavy atom. The molecular weight excluding hydrogens is 356 g/mol. The molecule has 1 aromatic heterocycles. The van der Waals surface area contributed by atoms with E-state index in [1.165, 1.54) is 0 Å². The molecule has 0 radical (unpaired) electrons. The molecule has 1 N–H and O–H groups in total. The Balaban J connectivity index is 1.70. The third kappa shape index (κ3) is 3.93. The van der Waals surface area contributed by atoms with Crippen LogP contribution in [0.25, 0.3) is 0 Å². The lowest BCUT2D eigenvalue weighted by Gasteiger charge is -2.26. The highest BCUT2D eigenvalue weighted by molar-refractivity contribution is 9.10. The summed E-state index contributed by atoms with van der Waals surface area (Å²) in [6.07, 6.45) is 2.28. The van der Waals surface area contributed by atoms with E-state index in [0.29, 0.717) is 12.6 Å². The molecule has 2 heterocycles. The van der Waals surface area contributed by atoms with Crippen molar-refractivity contribution in [2.45, 2.75) is 25.8 Å². The fourth-order valence-corrected chi connectivity index (χ4v) is 3.13. The van der Waals surface area contributed by atoms with Gasteiger partial charge in [-0.3, -0.25) is 0 Å². The van der Waals surface area contributed by atoms with Crippen LogP contribution >= 0.6 is 15.9 Å². The Labute approximate surface area is 145 Å². The molecule has 0 aliphatic carbocycles. The number of ether oxygens (including phenoxy) is 1. The van der Waals surface area contributed by atoms with Gasteiger partial charge in [0.25, 0.3) is 0 Å². The number of aryl methyl sites for hydroxylation is 1. The second-order valence-electron chi connectivity index (χ2n) is 5.66. The van der Waals surface area contributed by atoms with Crippen LogP contribution in [0.4, 0.5) is 11.6 Å². The van der Waals surface area contributed by atoms with Gasteiger partial charge in [-0.1, -0.05) is 15.9 Å². The van der Waals surface area contributed by atoms with Crippen molar-refractivity contribution in [3.05, 3.63) is 40.6 Å². The summed E-state index contributed by atoms with van der Waals surface area (Å²) in [5, 5.41) is 3.10. The molecule has 0 saturated carbocycles. The van der Waals surface area contributed by atoms with Crippen molar-refractivity contribution >= 4 is 27.6 Å². The summed E-state index contributed by atoms with van der Waals surface area (Å²) in [6.45, 7) is 3.60. The number of anilines is 2. The number of rotatable bonds is 5. The monoisotopic (exact) mass is 376 g/mol. The van der Waals surface area contributed by atoms with Gasteiger partial charge in [-0.15, -0.1) is 0 Å². The van der Waals surface area contributed by atoms with Gasteiger partial charge < -0.3 is 15.0 Å². The molecule has 0 bridgehead atoms. The first kappa shape index (κ1) is 16.1. The van der Waals surface area contributed by atoms with Crippen molar-refractivity contribution in [1.29, 1.82) is 0 Å². The van der Waals surface area contributed by atoms with Crippen molar-refractivity contribution < 1.29 is 4.74 Å². The molecule has 3 rings (SSSR count). The van der Waals surface area contributed by atoms with Gasteiger partial charge in [0.15, 0.2) is 0 Å². The normalized spacial score (nSPS) is 17.3. The molecule has 0 amide bonds. The van der Waals surface area contributed by atoms with E-state index in [0.717, 1.165) is 47.1 Å². The third-order valence-electron chi connectivity index (χ3n) is 4.01. The molecule has 122 valence electrons. The van der Waals surface area contributed by atoms with Crippen LogP contribution in [0.3, 0.4) is 0 Å². The smallest absolute Gasteiger partial charge is 0.134 e. The summed E-state index contributed by atoms with van der Waals surface area (Å²) in [5.74, 6) is 3.51. The van der Waals surface area contributed by atoms with Gasteiger partial charge in [0, 0.05) is 24.1 Å². The third-order valence-corrected chi connectivity index (χ3v) is 4.54. The molecule has 23 heavy (non-hydrogen) atoms. The summed E-state index contributed by atoms with van der Waals surface area (Å²) < 4.78 is 7.02. The molecule has 0 spiro atoms. The number of nitrogens with zero attached hydrogens (tertiary/aromatic N) is 3. The van der Waals surface area contributed by atoms with E-state index in [1.54, 1.807) is 0 Å². The number of benzene rings is 1. The number of hydrogen-bond acceptors (Lipinski definition) is 5. The predicted octanol–water partition coefficient (Wildman–Crippen LogP) is 3.64. The van der Waals surface area contributed by atoms with E-state index < -0.39 is 0 Å². The highest BCUT2D eigenvalue weighted by Gasteiger charge is 2.27. The Kier molecular flexibility index (Phi) is 5.00. The topological polar surface area (TPSA) is 50.3 Å². The van der Waals surface area contributed by atoms with Crippen LogP contribution in [-0.4, -0.2) is 36.2 Å². The highest BCUT2D eigenvalue weighted by atomic mass is 79.9. The van der Waals surface area contributed by atoms with Crippen molar-refractivity contribution in [3.63, 3.8) is 0 Å². The van der Waals surface area contributed by atoms with Crippen molar-refractivity contribution in [2.75, 3.05) is 30.4 Å². The lowest BCUT2D eigenvalue weighted by molar-refractivity contribution is 0.288. The van der Waals surface area contributed by atoms with Crippen LogP contribution in [0.1, 0.15) is 18.7 Å².